The molecule has 63 heavy (non-hydrogen) atoms. The zero-order valence-corrected chi connectivity index (χ0v) is 38.8. The van der Waals surface area contributed by atoms with Crippen molar-refractivity contribution in [1.29, 1.82) is 0 Å². The number of hydrogen-bond donors (Lipinski definition) is 4. The molecule has 6 rings (SSSR count). The minimum absolute atomic E-state index is 0.0287. The molecule has 2 saturated carbocycles. The first-order valence-electron chi connectivity index (χ1n) is 23.6. The second kappa shape index (κ2) is 20.0. The van der Waals surface area contributed by atoms with Crippen LogP contribution in [0, 0.1) is 16.2 Å². The van der Waals surface area contributed by atoms with Crippen LogP contribution in [0.15, 0.2) is 24.3 Å². The van der Waals surface area contributed by atoms with Crippen molar-refractivity contribution in [3.63, 3.8) is 0 Å². The second-order valence-electron chi connectivity index (χ2n) is 21.1. The number of benzene rings is 1. The number of ketones is 1. The summed E-state index contributed by atoms with van der Waals surface area (Å²) in [4.78, 5) is 102. The van der Waals surface area contributed by atoms with Gasteiger partial charge >= 0.3 is 12.1 Å². The number of Topliss-reactive ketones (excluding diaryl/α,β-unsaturated/α-hetero) is 1. The minimum Gasteiger partial charge on any atom is -0.444 e. The van der Waals surface area contributed by atoms with Crippen LogP contribution in [0.25, 0.3) is 0 Å². The van der Waals surface area contributed by atoms with Crippen LogP contribution < -0.4 is 21.3 Å². The molecule has 0 aromatic heterocycles. The normalized spacial score (nSPS) is 23.4. The van der Waals surface area contributed by atoms with Crippen LogP contribution in [-0.2, 0) is 41.7 Å². The number of carbonyl (C=O) groups is 7. The van der Waals surface area contributed by atoms with Crippen molar-refractivity contribution in [3.8, 4) is 0 Å². The number of rotatable bonds is 15. The molecule has 15 heteroatoms. The van der Waals surface area contributed by atoms with Gasteiger partial charge in [-0.2, -0.15) is 0 Å². The van der Waals surface area contributed by atoms with Gasteiger partial charge in [0.2, 0.25) is 23.5 Å². The highest BCUT2D eigenvalue weighted by Crippen LogP contribution is 2.41. The van der Waals surface area contributed by atoms with E-state index in [0.29, 0.717) is 58.3 Å². The number of carbonyl (C=O) groups excluding carboxylic acids is 7. The van der Waals surface area contributed by atoms with Gasteiger partial charge in [0.1, 0.15) is 18.2 Å². The van der Waals surface area contributed by atoms with Crippen LogP contribution in [0.2, 0.25) is 0 Å². The summed E-state index contributed by atoms with van der Waals surface area (Å²) in [5, 5.41) is 11.8. The first-order valence-corrected chi connectivity index (χ1v) is 23.6. The smallest absolute Gasteiger partial charge is 0.410 e. The largest absolute Gasteiger partial charge is 0.444 e. The van der Waals surface area contributed by atoms with Gasteiger partial charge in [0, 0.05) is 45.1 Å². The van der Waals surface area contributed by atoms with Crippen LogP contribution in [0.5, 0.6) is 0 Å². The number of urea groups is 1. The number of amides is 7. The number of fused-ring (bicyclic) bond motifs is 1. The van der Waals surface area contributed by atoms with Crippen LogP contribution in [0.3, 0.4) is 0 Å². The Morgan fingerprint density at radius 3 is 2.25 bits per heavy atom. The average Bonchev–Trinajstić information content (AvgIpc) is 3.95. The zero-order chi connectivity index (χ0) is 45.7. The predicted octanol–water partition coefficient (Wildman–Crippen LogP) is 5.38. The van der Waals surface area contributed by atoms with Crippen molar-refractivity contribution >= 4 is 41.5 Å². The third-order valence-electron chi connectivity index (χ3n) is 14.1. The molecule has 7 amide bonds. The van der Waals surface area contributed by atoms with Gasteiger partial charge in [0.05, 0.1) is 18.6 Å². The topological polar surface area (TPSA) is 187 Å². The molecule has 4 fully saturated rings. The lowest BCUT2D eigenvalue weighted by Crippen LogP contribution is -2.63. The third kappa shape index (κ3) is 12.3. The van der Waals surface area contributed by atoms with E-state index in [1.54, 1.807) is 4.90 Å². The van der Waals surface area contributed by atoms with E-state index in [1.165, 1.54) is 10.5 Å². The highest BCUT2D eigenvalue weighted by atomic mass is 16.6. The molecule has 3 heterocycles. The summed E-state index contributed by atoms with van der Waals surface area (Å²) in [6, 6.07) is 3.59. The molecule has 2 saturated heterocycles. The monoisotopic (exact) mass is 876 g/mol. The van der Waals surface area contributed by atoms with Gasteiger partial charge in [-0.25, -0.2) is 9.59 Å². The molecule has 348 valence electrons. The van der Waals surface area contributed by atoms with Crippen molar-refractivity contribution < 1.29 is 38.3 Å². The van der Waals surface area contributed by atoms with Gasteiger partial charge in [0.25, 0.3) is 5.91 Å². The molecule has 1 unspecified atom stereocenters. The Morgan fingerprint density at radius 2 is 1.60 bits per heavy atom. The molecule has 1 aromatic rings. The predicted molar refractivity (Wildman–Crippen MR) is 238 cm³/mol. The van der Waals surface area contributed by atoms with Crippen molar-refractivity contribution in [2.45, 2.75) is 181 Å². The highest BCUT2D eigenvalue weighted by Gasteiger charge is 2.50. The maximum absolute atomic E-state index is 15.3. The third-order valence-corrected chi connectivity index (χ3v) is 14.1. The highest BCUT2D eigenvalue weighted by molar-refractivity contribution is 6.38. The van der Waals surface area contributed by atoms with Crippen molar-refractivity contribution in [2.24, 2.45) is 16.2 Å². The lowest BCUT2D eigenvalue weighted by atomic mass is 9.70. The van der Waals surface area contributed by atoms with E-state index in [4.69, 9.17) is 4.74 Å². The summed E-state index contributed by atoms with van der Waals surface area (Å²) in [5.74, 6) is -2.53. The quantitative estimate of drug-likeness (QED) is 0.169. The summed E-state index contributed by atoms with van der Waals surface area (Å²) in [6.07, 6.45) is 7.69. The fourth-order valence-corrected chi connectivity index (χ4v) is 9.63. The van der Waals surface area contributed by atoms with E-state index in [0.717, 1.165) is 50.5 Å². The number of nitrogens with one attached hydrogen (secondary N) is 4. The average molecular weight is 876 g/mol. The second-order valence-corrected chi connectivity index (χ2v) is 21.1. The molecule has 0 spiro atoms. The first-order chi connectivity index (χ1) is 29.8. The van der Waals surface area contributed by atoms with Gasteiger partial charge in [-0.05, 0) is 72.3 Å². The molecular weight excluding hydrogens is 803 g/mol. The van der Waals surface area contributed by atoms with E-state index in [9.17, 15) is 28.8 Å². The molecule has 2 aliphatic carbocycles. The van der Waals surface area contributed by atoms with Gasteiger partial charge in [-0.3, -0.25) is 24.0 Å². The molecule has 5 atom stereocenters. The van der Waals surface area contributed by atoms with E-state index < -0.39 is 76.7 Å². The number of unbranched alkanes of at least 4 members (excludes halogenated alkanes) is 1. The van der Waals surface area contributed by atoms with Gasteiger partial charge in [-0.15, -0.1) is 0 Å². The minimum atomic E-state index is -1.16. The molecule has 5 aliphatic rings. The summed E-state index contributed by atoms with van der Waals surface area (Å²) in [5.41, 5.74) is 1.01. The van der Waals surface area contributed by atoms with Gasteiger partial charge in [-0.1, -0.05) is 105 Å². The van der Waals surface area contributed by atoms with Crippen LogP contribution in [0.1, 0.15) is 143 Å². The number of likely N-dealkylation sites (tertiary alicyclic amines) is 2. The Labute approximate surface area is 373 Å². The molecule has 15 nitrogen and oxygen atoms in total. The lowest BCUT2D eigenvalue weighted by molar-refractivity contribution is -0.144. The Morgan fingerprint density at radius 1 is 0.905 bits per heavy atom. The summed E-state index contributed by atoms with van der Waals surface area (Å²) < 4.78 is 6.10. The lowest BCUT2D eigenvalue weighted by Gasteiger charge is -2.43. The summed E-state index contributed by atoms with van der Waals surface area (Å²) in [6.45, 7) is 15.8. The van der Waals surface area contributed by atoms with Crippen molar-refractivity contribution in [1.82, 2.24) is 36.0 Å². The maximum Gasteiger partial charge on any atom is 0.410 e. The number of piperidine rings is 1. The molecular formula is C48H73N7O8. The Bertz CT molecular complexity index is 1870. The molecule has 3 aliphatic heterocycles. The van der Waals surface area contributed by atoms with Crippen LogP contribution >= 0.6 is 0 Å². The van der Waals surface area contributed by atoms with Crippen molar-refractivity contribution in [2.75, 3.05) is 26.2 Å². The van der Waals surface area contributed by atoms with E-state index in [2.05, 4.69) is 35.1 Å². The zero-order valence-electron chi connectivity index (χ0n) is 38.8. The summed E-state index contributed by atoms with van der Waals surface area (Å²) >= 11 is 0. The van der Waals surface area contributed by atoms with Gasteiger partial charge < -0.3 is 40.7 Å². The Kier molecular flexibility index (Phi) is 15.2. The Balaban J connectivity index is 1.24. The number of nitrogens with zero attached hydrogens (tertiary/aromatic N) is 3. The summed E-state index contributed by atoms with van der Waals surface area (Å²) in [7, 11) is 0. The van der Waals surface area contributed by atoms with Crippen LogP contribution in [0.4, 0.5) is 9.59 Å². The van der Waals surface area contributed by atoms with Crippen molar-refractivity contribution in [3.05, 3.63) is 35.4 Å². The van der Waals surface area contributed by atoms with E-state index in [-0.39, 0.29) is 36.8 Å². The SMILES string of the molecule is CCCCC(NC(=O)[C@@H]1C[C@@H](OC(=O)N2CCc3ccccc3C2)CN1C(=O)[C@@H](NC(=O)N[C@H](CN1CCC(C)(C)CC1=O)C(C)(C)C)C1(C)CCCCC1)C(=O)C(=O)NC1CC1. The van der Waals surface area contributed by atoms with E-state index in [1.807, 2.05) is 63.8 Å². The molecule has 4 N–H and O–H groups in total. The fourth-order valence-electron chi connectivity index (χ4n) is 9.63. The molecule has 0 radical (unpaired) electrons. The maximum atomic E-state index is 15.3. The molecule has 1 aromatic carbocycles. The van der Waals surface area contributed by atoms with Gasteiger partial charge in [0.15, 0.2) is 0 Å². The first kappa shape index (κ1) is 47.8. The number of hydrogen-bond acceptors (Lipinski definition) is 8. The van der Waals surface area contributed by atoms with Crippen LogP contribution in [-0.4, -0.2) is 119 Å². The Hall–Kier alpha value is -4.69. The number of ether oxygens (including phenoxy) is 1. The van der Waals surface area contributed by atoms with E-state index >= 15 is 4.79 Å². The molecule has 0 bridgehead atoms. The fraction of sp³-hybridized carbons (Fsp3) is 0.729. The standard InChI is InChI=1S/C48H73N7O8/c1-8-9-17-35(39(57)42(59)49-33-18-19-33)50-41(58)36-26-34(63-45(62)54-24-20-31-15-11-12-16-32(31)28-54)29-55(36)43(60)40(48(7)21-13-10-14-22-48)52-44(61)51-37(46(2,3)4)30-53-25-23-47(5,6)27-38(53)56/h11-12,15-16,33-37,40H,8-10,13-14,17-30H2,1-7H3,(H,49,59)(H,50,58)(H2,51,52,61)/t34-,35?,36+,37-,40-/m1/s1.